The summed E-state index contributed by atoms with van der Waals surface area (Å²) in [6.45, 7) is 7.67. The van der Waals surface area contributed by atoms with E-state index in [0.717, 1.165) is 56.0 Å². The third-order valence-corrected chi connectivity index (χ3v) is 6.34. The van der Waals surface area contributed by atoms with Gasteiger partial charge in [-0.25, -0.2) is 0 Å². The van der Waals surface area contributed by atoms with Gasteiger partial charge in [0.2, 0.25) is 0 Å². The van der Waals surface area contributed by atoms with E-state index in [9.17, 15) is 0 Å². The first-order valence-corrected chi connectivity index (χ1v) is 8.84. The molecule has 1 heterocycles. The van der Waals surface area contributed by atoms with Crippen LogP contribution in [-0.4, -0.2) is 49.8 Å². The number of nitrogens with one attached hydrogen (secondary N) is 1. The summed E-state index contributed by atoms with van der Waals surface area (Å²) in [6.07, 6.45) is 7.65. The highest BCUT2D eigenvalue weighted by molar-refractivity contribution is 5.02. The molecular weight excluding hydrogens is 248 g/mol. The predicted molar refractivity (Wildman–Crippen MR) is 80.7 cm³/mol. The smallest absolute Gasteiger partial charge is 0.0594 e. The van der Waals surface area contributed by atoms with E-state index in [0.29, 0.717) is 6.04 Å². The summed E-state index contributed by atoms with van der Waals surface area (Å²) < 4.78 is 5.45. The second-order valence-electron chi connectivity index (χ2n) is 7.94. The van der Waals surface area contributed by atoms with Crippen molar-refractivity contribution < 1.29 is 4.74 Å². The molecule has 1 N–H and O–H groups in total. The van der Waals surface area contributed by atoms with Crippen LogP contribution in [-0.2, 0) is 4.74 Å². The predicted octanol–water partition coefficient (Wildman–Crippen LogP) is 2.12. The lowest BCUT2D eigenvalue weighted by molar-refractivity contribution is -0.0207. The average Bonchev–Trinajstić information content (AvgIpc) is 2.43. The molecule has 0 spiro atoms. The average molecular weight is 278 g/mol. The SMILES string of the molecule is CC(CN1CCOCC1)NC1C2CC3CC(C2)CC1C3. The highest BCUT2D eigenvalue weighted by atomic mass is 16.5. The highest BCUT2D eigenvalue weighted by Gasteiger charge is 2.48. The van der Waals surface area contributed by atoms with Crippen LogP contribution in [0.2, 0.25) is 0 Å². The molecule has 0 aromatic rings. The molecule has 1 aliphatic heterocycles. The van der Waals surface area contributed by atoms with E-state index in [2.05, 4.69) is 17.1 Å². The Morgan fingerprint density at radius 1 is 1.00 bits per heavy atom. The van der Waals surface area contributed by atoms with Crippen LogP contribution in [0, 0.1) is 23.7 Å². The maximum atomic E-state index is 5.45. The van der Waals surface area contributed by atoms with Crippen LogP contribution < -0.4 is 5.32 Å². The van der Waals surface area contributed by atoms with E-state index in [1.165, 1.54) is 32.2 Å². The monoisotopic (exact) mass is 278 g/mol. The molecule has 0 aromatic carbocycles. The molecule has 1 atom stereocenters. The van der Waals surface area contributed by atoms with E-state index in [4.69, 9.17) is 4.74 Å². The second kappa shape index (κ2) is 5.58. The Morgan fingerprint density at radius 3 is 2.20 bits per heavy atom. The molecule has 4 saturated carbocycles. The summed E-state index contributed by atoms with van der Waals surface area (Å²) in [5.74, 6) is 4.17. The molecule has 1 saturated heterocycles. The van der Waals surface area contributed by atoms with Crippen molar-refractivity contribution in [3.05, 3.63) is 0 Å². The highest BCUT2D eigenvalue weighted by Crippen LogP contribution is 2.53. The lowest BCUT2D eigenvalue weighted by atomic mass is 9.54. The quantitative estimate of drug-likeness (QED) is 0.852. The summed E-state index contributed by atoms with van der Waals surface area (Å²) in [7, 11) is 0. The number of hydrogen-bond donors (Lipinski definition) is 1. The minimum absolute atomic E-state index is 0.635. The summed E-state index contributed by atoms with van der Waals surface area (Å²) in [4.78, 5) is 2.57. The van der Waals surface area contributed by atoms with Gasteiger partial charge in [0.25, 0.3) is 0 Å². The van der Waals surface area contributed by atoms with Crippen molar-refractivity contribution in [3.63, 3.8) is 0 Å². The zero-order valence-corrected chi connectivity index (χ0v) is 12.9. The standard InChI is InChI=1S/C17H30N2O/c1-12(11-19-2-4-20-5-3-19)18-17-15-7-13-6-14(9-15)10-16(17)8-13/h12-18H,2-11H2,1H3. The Hall–Kier alpha value is -0.120. The Labute approximate surface area is 123 Å². The molecule has 1 unspecified atom stereocenters. The molecule has 20 heavy (non-hydrogen) atoms. The van der Waals surface area contributed by atoms with Crippen LogP contribution in [0.4, 0.5) is 0 Å². The van der Waals surface area contributed by atoms with E-state index in [1.54, 1.807) is 6.42 Å². The van der Waals surface area contributed by atoms with Gasteiger partial charge in [-0.3, -0.25) is 4.90 Å². The van der Waals surface area contributed by atoms with Crippen molar-refractivity contribution in [2.45, 2.75) is 51.1 Å². The van der Waals surface area contributed by atoms with E-state index in [1.807, 2.05) is 0 Å². The number of morpholine rings is 1. The Balaban J connectivity index is 1.32. The molecule has 5 fully saturated rings. The van der Waals surface area contributed by atoms with Crippen molar-refractivity contribution >= 4 is 0 Å². The van der Waals surface area contributed by atoms with E-state index >= 15 is 0 Å². The topological polar surface area (TPSA) is 24.5 Å². The lowest BCUT2D eigenvalue weighted by Crippen LogP contribution is -2.58. The van der Waals surface area contributed by atoms with Gasteiger partial charge in [-0.2, -0.15) is 0 Å². The molecule has 4 aliphatic carbocycles. The zero-order valence-electron chi connectivity index (χ0n) is 12.9. The van der Waals surface area contributed by atoms with Crippen LogP contribution in [0.5, 0.6) is 0 Å². The van der Waals surface area contributed by atoms with Crippen LogP contribution in [0.25, 0.3) is 0 Å². The molecular formula is C17H30N2O. The van der Waals surface area contributed by atoms with Crippen LogP contribution >= 0.6 is 0 Å². The fourth-order valence-electron chi connectivity index (χ4n) is 5.75. The minimum Gasteiger partial charge on any atom is -0.379 e. The first-order chi connectivity index (χ1) is 9.78. The van der Waals surface area contributed by atoms with Gasteiger partial charge in [0.1, 0.15) is 0 Å². The lowest BCUT2D eigenvalue weighted by Gasteiger charge is -2.55. The maximum Gasteiger partial charge on any atom is 0.0594 e. The van der Waals surface area contributed by atoms with Crippen LogP contribution in [0.15, 0.2) is 0 Å². The fraction of sp³-hybridized carbons (Fsp3) is 1.00. The van der Waals surface area contributed by atoms with Crippen molar-refractivity contribution in [1.82, 2.24) is 10.2 Å². The van der Waals surface area contributed by atoms with Crippen molar-refractivity contribution in [3.8, 4) is 0 Å². The van der Waals surface area contributed by atoms with E-state index < -0.39 is 0 Å². The minimum atomic E-state index is 0.635. The summed E-state index contributed by atoms with van der Waals surface area (Å²) in [5.41, 5.74) is 0. The third kappa shape index (κ3) is 2.65. The number of ether oxygens (including phenoxy) is 1. The van der Waals surface area contributed by atoms with Crippen molar-refractivity contribution in [2.75, 3.05) is 32.8 Å². The Morgan fingerprint density at radius 2 is 1.60 bits per heavy atom. The Kier molecular flexibility index (Phi) is 3.78. The second-order valence-corrected chi connectivity index (χ2v) is 7.94. The number of hydrogen-bond acceptors (Lipinski definition) is 3. The van der Waals surface area contributed by atoms with Gasteiger partial charge in [0, 0.05) is 31.7 Å². The number of nitrogens with zero attached hydrogens (tertiary/aromatic N) is 1. The summed E-state index contributed by atoms with van der Waals surface area (Å²) >= 11 is 0. The van der Waals surface area contributed by atoms with Gasteiger partial charge in [0.05, 0.1) is 13.2 Å². The van der Waals surface area contributed by atoms with Crippen LogP contribution in [0.1, 0.15) is 39.0 Å². The molecule has 3 nitrogen and oxygen atoms in total. The van der Waals surface area contributed by atoms with Gasteiger partial charge >= 0.3 is 0 Å². The first-order valence-electron chi connectivity index (χ1n) is 8.84. The fourth-order valence-corrected chi connectivity index (χ4v) is 5.75. The van der Waals surface area contributed by atoms with Gasteiger partial charge in [0.15, 0.2) is 0 Å². The normalized spacial score (nSPS) is 45.8. The molecule has 0 aromatic heterocycles. The van der Waals surface area contributed by atoms with E-state index in [-0.39, 0.29) is 0 Å². The molecule has 4 bridgehead atoms. The maximum absolute atomic E-state index is 5.45. The van der Waals surface area contributed by atoms with Crippen molar-refractivity contribution in [1.29, 1.82) is 0 Å². The molecule has 5 aliphatic rings. The summed E-state index contributed by atoms with van der Waals surface area (Å²) in [6, 6.07) is 1.47. The summed E-state index contributed by atoms with van der Waals surface area (Å²) in [5, 5.41) is 4.03. The van der Waals surface area contributed by atoms with Gasteiger partial charge < -0.3 is 10.1 Å². The molecule has 0 radical (unpaired) electrons. The van der Waals surface area contributed by atoms with Crippen molar-refractivity contribution in [2.24, 2.45) is 23.7 Å². The van der Waals surface area contributed by atoms with Crippen LogP contribution in [0.3, 0.4) is 0 Å². The number of rotatable bonds is 4. The first kappa shape index (κ1) is 13.5. The van der Waals surface area contributed by atoms with Gasteiger partial charge in [-0.15, -0.1) is 0 Å². The van der Waals surface area contributed by atoms with Gasteiger partial charge in [-0.1, -0.05) is 0 Å². The molecule has 3 heteroatoms. The molecule has 5 rings (SSSR count). The third-order valence-electron chi connectivity index (χ3n) is 6.34. The Bertz CT molecular complexity index is 312. The largest absolute Gasteiger partial charge is 0.379 e. The zero-order chi connectivity index (χ0) is 13.5. The molecule has 114 valence electrons. The molecule has 0 amide bonds. The van der Waals surface area contributed by atoms with Gasteiger partial charge in [-0.05, 0) is 62.7 Å².